The predicted octanol–water partition coefficient (Wildman–Crippen LogP) is 2.01. The summed E-state index contributed by atoms with van der Waals surface area (Å²) in [6.45, 7) is 15.9. The van der Waals surface area contributed by atoms with E-state index in [-0.39, 0.29) is 0 Å². The van der Waals surface area contributed by atoms with Crippen LogP contribution in [0.5, 0.6) is 0 Å². The molecule has 23 heavy (non-hydrogen) atoms. The van der Waals surface area contributed by atoms with Crippen LogP contribution in [0.2, 0.25) is 0 Å². The lowest BCUT2D eigenvalue weighted by atomic mass is 9.99. The zero-order valence-corrected chi connectivity index (χ0v) is 15.9. The minimum Gasteiger partial charge on any atom is -0.356 e. The van der Waals surface area contributed by atoms with Gasteiger partial charge in [0.2, 0.25) is 0 Å². The molecule has 0 atom stereocenters. The Bertz CT molecular complexity index is 311. The van der Waals surface area contributed by atoms with Crippen molar-refractivity contribution in [2.75, 3.05) is 59.4 Å². The van der Waals surface area contributed by atoms with Crippen LogP contribution in [0.15, 0.2) is 4.99 Å². The third-order valence-electron chi connectivity index (χ3n) is 4.75. The molecule has 0 aromatic rings. The van der Waals surface area contributed by atoms with E-state index in [1.807, 2.05) is 7.05 Å². The summed E-state index contributed by atoms with van der Waals surface area (Å²) in [6.07, 6.45) is 5.13. The van der Waals surface area contributed by atoms with Crippen molar-refractivity contribution in [3.63, 3.8) is 0 Å². The molecular formula is C18H39N5. The number of aliphatic imine (C=N–C) groups is 1. The fourth-order valence-corrected chi connectivity index (χ4v) is 3.09. The quantitative estimate of drug-likeness (QED) is 0.366. The van der Waals surface area contributed by atoms with Gasteiger partial charge in [0.15, 0.2) is 5.96 Å². The number of guanidine groups is 1. The summed E-state index contributed by atoms with van der Waals surface area (Å²) in [7, 11) is 1.85. The first-order chi connectivity index (χ1) is 11.2. The fraction of sp³-hybridized carbons (Fsp3) is 0.944. The molecule has 136 valence electrons. The molecule has 0 unspecified atom stereocenters. The van der Waals surface area contributed by atoms with Crippen molar-refractivity contribution in [3.05, 3.63) is 0 Å². The van der Waals surface area contributed by atoms with Crippen molar-refractivity contribution in [2.45, 2.75) is 46.5 Å². The summed E-state index contributed by atoms with van der Waals surface area (Å²) in [6, 6.07) is 0. The summed E-state index contributed by atoms with van der Waals surface area (Å²) >= 11 is 0. The average Bonchev–Trinajstić information content (AvgIpc) is 2.57. The van der Waals surface area contributed by atoms with Crippen molar-refractivity contribution >= 4 is 5.96 Å². The average molecular weight is 326 g/mol. The van der Waals surface area contributed by atoms with Gasteiger partial charge in [-0.05, 0) is 64.3 Å². The van der Waals surface area contributed by atoms with Crippen molar-refractivity contribution in [3.8, 4) is 0 Å². The van der Waals surface area contributed by atoms with Crippen LogP contribution in [-0.2, 0) is 0 Å². The Kier molecular flexibility index (Phi) is 11.1. The number of hydrogen-bond acceptors (Lipinski definition) is 3. The van der Waals surface area contributed by atoms with Gasteiger partial charge in [0.25, 0.3) is 0 Å². The summed E-state index contributed by atoms with van der Waals surface area (Å²) in [5.41, 5.74) is 0. The minimum absolute atomic E-state index is 0.919. The van der Waals surface area contributed by atoms with Crippen LogP contribution >= 0.6 is 0 Å². The minimum atomic E-state index is 0.919. The topological polar surface area (TPSA) is 42.9 Å². The first-order valence-electron chi connectivity index (χ1n) is 9.58. The largest absolute Gasteiger partial charge is 0.356 e. The molecule has 0 saturated carbocycles. The highest BCUT2D eigenvalue weighted by atomic mass is 15.2. The van der Waals surface area contributed by atoms with Gasteiger partial charge in [-0.15, -0.1) is 0 Å². The van der Waals surface area contributed by atoms with E-state index in [1.165, 1.54) is 51.9 Å². The number of nitrogens with zero attached hydrogens (tertiary/aromatic N) is 3. The Hall–Kier alpha value is -0.810. The highest BCUT2D eigenvalue weighted by Gasteiger charge is 2.14. The van der Waals surface area contributed by atoms with Crippen LogP contribution in [0.1, 0.15) is 46.5 Å². The number of likely N-dealkylation sites (N-methyl/N-ethyl adjacent to an activating group) is 1. The molecule has 0 aromatic heterocycles. The molecule has 0 spiro atoms. The summed E-state index contributed by atoms with van der Waals surface area (Å²) in [4.78, 5) is 9.38. The highest BCUT2D eigenvalue weighted by Crippen LogP contribution is 2.15. The molecule has 0 amide bonds. The third kappa shape index (κ3) is 9.16. The van der Waals surface area contributed by atoms with Crippen molar-refractivity contribution < 1.29 is 0 Å². The molecule has 0 bridgehead atoms. The molecule has 0 aliphatic carbocycles. The second-order valence-electron chi connectivity index (χ2n) is 6.74. The summed E-state index contributed by atoms with van der Waals surface area (Å²) < 4.78 is 0. The fourth-order valence-electron chi connectivity index (χ4n) is 3.09. The highest BCUT2D eigenvalue weighted by molar-refractivity contribution is 5.79. The zero-order chi connectivity index (χ0) is 16.9. The van der Waals surface area contributed by atoms with Gasteiger partial charge in [0.05, 0.1) is 0 Å². The van der Waals surface area contributed by atoms with E-state index < -0.39 is 0 Å². The third-order valence-corrected chi connectivity index (χ3v) is 4.75. The van der Waals surface area contributed by atoms with Gasteiger partial charge >= 0.3 is 0 Å². The standard InChI is InChI=1S/C18H39N5/c1-5-12-22(6-2)16-11-21-18(19-4)20-10-7-13-23-14-8-17(3)9-15-23/h17H,5-16H2,1-4H3,(H2,19,20,21). The van der Waals surface area contributed by atoms with Gasteiger partial charge in [0, 0.05) is 26.7 Å². The molecule has 1 rings (SSSR count). The number of rotatable bonds is 10. The first kappa shape index (κ1) is 20.2. The van der Waals surface area contributed by atoms with Crippen LogP contribution in [0.4, 0.5) is 0 Å². The number of hydrogen-bond donors (Lipinski definition) is 2. The van der Waals surface area contributed by atoms with Crippen molar-refractivity contribution in [1.82, 2.24) is 20.4 Å². The molecule has 1 aliphatic heterocycles. The number of piperidine rings is 1. The molecule has 1 saturated heterocycles. The van der Waals surface area contributed by atoms with Gasteiger partial charge in [-0.3, -0.25) is 4.99 Å². The molecule has 5 nitrogen and oxygen atoms in total. The van der Waals surface area contributed by atoms with Crippen LogP contribution in [-0.4, -0.2) is 75.2 Å². The molecule has 5 heteroatoms. The zero-order valence-electron chi connectivity index (χ0n) is 15.9. The number of nitrogens with one attached hydrogen (secondary N) is 2. The molecule has 0 aromatic carbocycles. The SMILES string of the molecule is CCCN(CC)CCNC(=NC)NCCCN1CCC(C)CC1. The Morgan fingerprint density at radius 2 is 1.83 bits per heavy atom. The smallest absolute Gasteiger partial charge is 0.191 e. The van der Waals surface area contributed by atoms with E-state index in [4.69, 9.17) is 0 Å². The molecule has 1 heterocycles. The second kappa shape index (κ2) is 12.6. The maximum Gasteiger partial charge on any atom is 0.191 e. The van der Waals surface area contributed by atoms with Gasteiger partial charge < -0.3 is 20.4 Å². The van der Waals surface area contributed by atoms with Crippen molar-refractivity contribution in [1.29, 1.82) is 0 Å². The molecule has 1 fully saturated rings. The lowest BCUT2D eigenvalue weighted by Gasteiger charge is -2.30. The van der Waals surface area contributed by atoms with Crippen LogP contribution in [0, 0.1) is 5.92 Å². The summed E-state index contributed by atoms with van der Waals surface area (Å²) in [5, 5.41) is 6.86. The second-order valence-corrected chi connectivity index (χ2v) is 6.74. The summed E-state index contributed by atoms with van der Waals surface area (Å²) in [5.74, 6) is 1.85. The molecule has 2 N–H and O–H groups in total. The van der Waals surface area contributed by atoms with Gasteiger partial charge in [-0.2, -0.15) is 0 Å². The predicted molar refractivity (Wildman–Crippen MR) is 101 cm³/mol. The monoisotopic (exact) mass is 325 g/mol. The Morgan fingerprint density at radius 3 is 2.43 bits per heavy atom. The van der Waals surface area contributed by atoms with Gasteiger partial charge in [-0.25, -0.2) is 0 Å². The van der Waals surface area contributed by atoms with Crippen LogP contribution < -0.4 is 10.6 Å². The normalized spacial score (nSPS) is 17.7. The van der Waals surface area contributed by atoms with Gasteiger partial charge in [0.1, 0.15) is 0 Å². The van der Waals surface area contributed by atoms with Gasteiger partial charge in [-0.1, -0.05) is 20.8 Å². The van der Waals surface area contributed by atoms with E-state index in [1.54, 1.807) is 0 Å². The van der Waals surface area contributed by atoms with Crippen molar-refractivity contribution in [2.24, 2.45) is 10.9 Å². The lowest BCUT2D eigenvalue weighted by Crippen LogP contribution is -2.42. The maximum atomic E-state index is 4.31. The van der Waals surface area contributed by atoms with Crippen LogP contribution in [0.25, 0.3) is 0 Å². The molecular weight excluding hydrogens is 286 g/mol. The maximum absolute atomic E-state index is 4.31. The Balaban J connectivity index is 2.07. The van der Waals surface area contributed by atoms with E-state index in [9.17, 15) is 0 Å². The Labute approximate surface area is 143 Å². The van der Waals surface area contributed by atoms with E-state index in [0.717, 1.165) is 38.1 Å². The van der Waals surface area contributed by atoms with E-state index in [2.05, 4.69) is 46.2 Å². The van der Waals surface area contributed by atoms with E-state index >= 15 is 0 Å². The molecule has 1 aliphatic rings. The van der Waals surface area contributed by atoms with E-state index in [0.29, 0.717) is 0 Å². The lowest BCUT2D eigenvalue weighted by molar-refractivity contribution is 0.191. The molecule has 0 radical (unpaired) electrons. The van der Waals surface area contributed by atoms with Crippen LogP contribution in [0.3, 0.4) is 0 Å². The Morgan fingerprint density at radius 1 is 1.13 bits per heavy atom. The number of likely N-dealkylation sites (tertiary alicyclic amines) is 1. The first-order valence-corrected chi connectivity index (χ1v) is 9.58.